The molecule has 2 aromatic heterocycles. The monoisotopic (exact) mass is 361 g/mol. The van der Waals surface area contributed by atoms with Gasteiger partial charge in [-0.15, -0.1) is 11.3 Å². The Kier molecular flexibility index (Phi) is 4.33. The summed E-state index contributed by atoms with van der Waals surface area (Å²) in [4.78, 5) is 16.6. The molecule has 0 atom stereocenters. The van der Waals surface area contributed by atoms with Crippen molar-refractivity contribution in [3.05, 3.63) is 77.5 Å². The Balaban J connectivity index is 1.50. The first-order chi connectivity index (χ1) is 12.7. The van der Waals surface area contributed by atoms with Gasteiger partial charge in [0.15, 0.2) is 10.8 Å². The molecule has 2 heterocycles. The lowest BCUT2D eigenvalue weighted by Gasteiger charge is -2.03. The molecule has 1 N–H and O–H groups in total. The number of hydrogen-bond acceptors (Lipinski definition) is 5. The van der Waals surface area contributed by atoms with E-state index in [0.29, 0.717) is 10.9 Å². The molecule has 0 fully saturated rings. The SMILES string of the molecule is Cc1cc(C(=O)Nc2nc(-c3ccc(-c4ccccc4)cc3)cs2)no1. The highest BCUT2D eigenvalue weighted by molar-refractivity contribution is 7.14. The summed E-state index contributed by atoms with van der Waals surface area (Å²) in [6.45, 7) is 1.74. The molecule has 2 aromatic carbocycles. The normalized spacial score (nSPS) is 10.7. The second-order valence-corrected chi connectivity index (χ2v) is 6.62. The second kappa shape index (κ2) is 6.93. The van der Waals surface area contributed by atoms with Crippen LogP contribution in [0, 0.1) is 6.92 Å². The number of nitrogens with one attached hydrogen (secondary N) is 1. The molecule has 1 amide bonds. The van der Waals surface area contributed by atoms with Gasteiger partial charge in [-0.3, -0.25) is 10.1 Å². The lowest BCUT2D eigenvalue weighted by atomic mass is 10.0. The lowest BCUT2D eigenvalue weighted by Crippen LogP contribution is -2.11. The molecule has 0 bridgehead atoms. The Labute approximate surface area is 154 Å². The lowest BCUT2D eigenvalue weighted by molar-refractivity contribution is 0.101. The van der Waals surface area contributed by atoms with Crippen LogP contribution in [-0.2, 0) is 0 Å². The van der Waals surface area contributed by atoms with E-state index in [-0.39, 0.29) is 11.6 Å². The van der Waals surface area contributed by atoms with Crippen LogP contribution in [0.25, 0.3) is 22.4 Å². The van der Waals surface area contributed by atoms with Crippen molar-refractivity contribution in [3.63, 3.8) is 0 Å². The molecule has 0 unspecified atom stereocenters. The van der Waals surface area contributed by atoms with Gasteiger partial charge in [0.25, 0.3) is 5.91 Å². The summed E-state index contributed by atoms with van der Waals surface area (Å²) in [5.41, 5.74) is 4.39. The van der Waals surface area contributed by atoms with Crippen molar-refractivity contribution in [2.24, 2.45) is 0 Å². The number of amides is 1. The van der Waals surface area contributed by atoms with Crippen LogP contribution in [0.15, 0.2) is 70.6 Å². The molecule has 0 saturated heterocycles. The van der Waals surface area contributed by atoms with E-state index in [2.05, 4.69) is 39.7 Å². The van der Waals surface area contributed by atoms with Gasteiger partial charge >= 0.3 is 0 Å². The van der Waals surface area contributed by atoms with E-state index in [9.17, 15) is 4.79 Å². The molecule has 4 aromatic rings. The zero-order valence-corrected chi connectivity index (χ0v) is 14.8. The smallest absolute Gasteiger partial charge is 0.279 e. The van der Waals surface area contributed by atoms with Crippen LogP contribution < -0.4 is 5.32 Å². The molecule has 0 saturated carbocycles. The van der Waals surface area contributed by atoms with E-state index >= 15 is 0 Å². The highest BCUT2D eigenvalue weighted by Crippen LogP contribution is 2.27. The largest absolute Gasteiger partial charge is 0.361 e. The number of aryl methyl sites for hydroxylation is 1. The Hall–Kier alpha value is -3.25. The fourth-order valence-electron chi connectivity index (χ4n) is 2.56. The molecule has 0 aliphatic rings. The summed E-state index contributed by atoms with van der Waals surface area (Å²) in [5, 5.41) is 8.89. The minimum Gasteiger partial charge on any atom is -0.361 e. The summed E-state index contributed by atoms with van der Waals surface area (Å²) < 4.78 is 4.92. The van der Waals surface area contributed by atoms with E-state index in [1.165, 1.54) is 16.9 Å². The third-order valence-electron chi connectivity index (χ3n) is 3.87. The highest BCUT2D eigenvalue weighted by Gasteiger charge is 2.13. The maximum atomic E-state index is 12.1. The molecule has 0 radical (unpaired) electrons. The van der Waals surface area contributed by atoms with Crippen LogP contribution in [0.3, 0.4) is 0 Å². The fourth-order valence-corrected chi connectivity index (χ4v) is 3.28. The summed E-state index contributed by atoms with van der Waals surface area (Å²) in [6, 6.07) is 20.0. The Morgan fingerprint density at radius 2 is 1.69 bits per heavy atom. The Morgan fingerprint density at radius 3 is 2.38 bits per heavy atom. The topological polar surface area (TPSA) is 68.0 Å². The summed E-state index contributed by atoms with van der Waals surface area (Å²) in [7, 11) is 0. The van der Waals surface area contributed by atoms with Crippen LogP contribution in [0.2, 0.25) is 0 Å². The van der Waals surface area contributed by atoms with E-state index in [0.717, 1.165) is 16.8 Å². The van der Waals surface area contributed by atoms with Crippen molar-refractivity contribution in [3.8, 4) is 22.4 Å². The van der Waals surface area contributed by atoms with Crippen LogP contribution in [0.4, 0.5) is 5.13 Å². The Morgan fingerprint density at radius 1 is 1.00 bits per heavy atom. The van der Waals surface area contributed by atoms with Crippen molar-refractivity contribution in [1.29, 1.82) is 0 Å². The predicted molar refractivity (Wildman–Crippen MR) is 102 cm³/mol. The zero-order valence-electron chi connectivity index (χ0n) is 14.0. The predicted octanol–water partition coefficient (Wildman–Crippen LogP) is 5.03. The van der Waals surface area contributed by atoms with Gasteiger partial charge in [-0.05, 0) is 18.1 Å². The molecule has 0 aliphatic heterocycles. The van der Waals surface area contributed by atoms with Crippen LogP contribution in [0.5, 0.6) is 0 Å². The van der Waals surface area contributed by atoms with E-state index < -0.39 is 0 Å². The molecule has 0 aliphatic carbocycles. The molecular formula is C20H15N3O2S. The number of aromatic nitrogens is 2. The third kappa shape index (κ3) is 3.41. The minimum absolute atomic E-state index is 0.242. The van der Waals surface area contributed by atoms with Crippen molar-refractivity contribution in [1.82, 2.24) is 10.1 Å². The van der Waals surface area contributed by atoms with E-state index in [1.54, 1.807) is 13.0 Å². The first-order valence-corrected chi connectivity index (χ1v) is 8.93. The summed E-state index contributed by atoms with van der Waals surface area (Å²) in [6.07, 6.45) is 0. The van der Waals surface area contributed by atoms with Crippen LogP contribution >= 0.6 is 11.3 Å². The molecular weight excluding hydrogens is 346 g/mol. The molecule has 128 valence electrons. The average Bonchev–Trinajstić information content (AvgIpc) is 3.32. The maximum absolute atomic E-state index is 12.1. The van der Waals surface area contributed by atoms with Crippen molar-refractivity contribution in [2.45, 2.75) is 6.92 Å². The van der Waals surface area contributed by atoms with Gasteiger partial charge in [-0.25, -0.2) is 4.98 Å². The van der Waals surface area contributed by atoms with Gasteiger partial charge in [-0.2, -0.15) is 0 Å². The highest BCUT2D eigenvalue weighted by atomic mass is 32.1. The van der Waals surface area contributed by atoms with Gasteiger partial charge in [0, 0.05) is 17.0 Å². The first kappa shape index (κ1) is 16.2. The molecule has 0 spiro atoms. The van der Waals surface area contributed by atoms with Gasteiger partial charge in [0.05, 0.1) is 5.69 Å². The number of rotatable bonds is 4. The number of benzene rings is 2. The van der Waals surface area contributed by atoms with Crippen molar-refractivity contribution in [2.75, 3.05) is 5.32 Å². The number of nitrogens with zero attached hydrogens (tertiary/aromatic N) is 2. The molecule has 5 nitrogen and oxygen atoms in total. The van der Waals surface area contributed by atoms with Crippen molar-refractivity contribution < 1.29 is 9.32 Å². The van der Waals surface area contributed by atoms with Gasteiger partial charge in [0.2, 0.25) is 0 Å². The average molecular weight is 361 g/mol. The van der Waals surface area contributed by atoms with E-state index in [4.69, 9.17) is 4.52 Å². The van der Waals surface area contributed by atoms with Crippen molar-refractivity contribution >= 4 is 22.4 Å². The summed E-state index contributed by atoms with van der Waals surface area (Å²) >= 11 is 1.37. The van der Waals surface area contributed by atoms with Gasteiger partial charge < -0.3 is 4.52 Å². The number of carbonyl (C=O) groups excluding carboxylic acids is 1. The molecule has 26 heavy (non-hydrogen) atoms. The van der Waals surface area contributed by atoms with Crippen LogP contribution in [-0.4, -0.2) is 16.0 Å². The van der Waals surface area contributed by atoms with Gasteiger partial charge in [0.1, 0.15) is 5.76 Å². The zero-order chi connectivity index (χ0) is 17.9. The van der Waals surface area contributed by atoms with Gasteiger partial charge in [-0.1, -0.05) is 59.8 Å². The van der Waals surface area contributed by atoms with E-state index in [1.807, 2.05) is 35.7 Å². The maximum Gasteiger partial charge on any atom is 0.279 e. The standard InChI is InChI=1S/C20H15N3O2S/c1-13-11-17(23-25-13)19(24)22-20-21-18(12-26-20)16-9-7-15(8-10-16)14-5-3-2-4-6-14/h2-12H,1H3,(H,21,22,24). The minimum atomic E-state index is -0.331. The number of carbonyl (C=O) groups is 1. The quantitative estimate of drug-likeness (QED) is 0.554. The Bertz CT molecular complexity index is 1040. The fraction of sp³-hybridized carbons (Fsp3) is 0.0500. The first-order valence-electron chi connectivity index (χ1n) is 8.05. The third-order valence-corrected chi connectivity index (χ3v) is 4.63. The number of hydrogen-bond donors (Lipinski definition) is 1. The molecule has 6 heteroatoms. The van der Waals surface area contributed by atoms with Crippen LogP contribution in [0.1, 0.15) is 16.2 Å². The number of thiazole rings is 1. The number of anilines is 1. The second-order valence-electron chi connectivity index (χ2n) is 5.76. The molecule has 4 rings (SSSR count). The summed E-state index contributed by atoms with van der Waals surface area (Å²) in [5.74, 6) is 0.260.